The van der Waals surface area contributed by atoms with Crippen molar-refractivity contribution in [2.24, 2.45) is 0 Å². The maximum Gasteiger partial charge on any atom is 0.268 e. The van der Waals surface area contributed by atoms with Gasteiger partial charge in [-0.1, -0.05) is 18.2 Å². The molecule has 5 nitrogen and oxygen atoms in total. The molecule has 0 fully saturated rings. The molecule has 0 aliphatic heterocycles. The first kappa shape index (κ1) is 13.9. The first-order chi connectivity index (χ1) is 9.56. The van der Waals surface area contributed by atoms with Gasteiger partial charge in [-0.2, -0.15) is 0 Å². The molecule has 1 amide bonds. The monoisotopic (exact) mass is 271 g/mol. The second-order valence-electron chi connectivity index (χ2n) is 4.67. The van der Waals surface area contributed by atoms with E-state index in [0.29, 0.717) is 6.54 Å². The van der Waals surface area contributed by atoms with Gasteiger partial charge in [-0.3, -0.25) is 9.59 Å². The van der Waals surface area contributed by atoms with Crippen molar-refractivity contribution < 1.29 is 4.79 Å². The molecule has 0 radical (unpaired) electrons. The number of carbonyl (C=O) groups is 1. The van der Waals surface area contributed by atoms with Gasteiger partial charge < -0.3 is 15.2 Å². The maximum atomic E-state index is 11.9. The third kappa shape index (κ3) is 3.47. The number of pyridine rings is 1. The van der Waals surface area contributed by atoms with E-state index in [0.717, 1.165) is 11.3 Å². The zero-order valence-electron chi connectivity index (χ0n) is 11.5. The van der Waals surface area contributed by atoms with Crippen LogP contribution in [0.15, 0.2) is 47.3 Å². The van der Waals surface area contributed by atoms with Gasteiger partial charge in [0.25, 0.3) is 5.91 Å². The fraction of sp³-hybridized carbons (Fsp3) is 0.200. The molecule has 5 heteroatoms. The maximum absolute atomic E-state index is 11.9. The number of aromatic nitrogens is 1. The lowest BCUT2D eigenvalue weighted by Crippen LogP contribution is -2.25. The molecule has 0 unspecified atom stereocenters. The van der Waals surface area contributed by atoms with Crippen molar-refractivity contribution in [3.05, 3.63) is 64.1 Å². The minimum atomic E-state index is -0.292. The van der Waals surface area contributed by atoms with E-state index in [2.05, 4.69) is 10.3 Å². The number of amides is 1. The van der Waals surface area contributed by atoms with Crippen LogP contribution in [-0.2, 0) is 6.54 Å². The zero-order chi connectivity index (χ0) is 14.5. The summed E-state index contributed by atoms with van der Waals surface area (Å²) in [6.45, 7) is 0.420. The summed E-state index contributed by atoms with van der Waals surface area (Å²) in [4.78, 5) is 27.5. The topological polar surface area (TPSA) is 65.2 Å². The third-order valence-corrected chi connectivity index (χ3v) is 2.92. The van der Waals surface area contributed by atoms with Gasteiger partial charge in [0, 0.05) is 32.4 Å². The van der Waals surface area contributed by atoms with Crippen molar-refractivity contribution in [2.75, 3.05) is 19.0 Å². The highest BCUT2D eigenvalue weighted by atomic mass is 16.2. The van der Waals surface area contributed by atoms with E-state index in [-0.39, 0.29) is 17.2 Å². The summed E-state index contributed by atoms with van der Waals surface area (Å²) >= 11 is 0. The SMILES string of the molecule is CN(C)c1ccc(CNC(=O)c2cccc(=O)[nH]2)cc1. The standard InChI is InChI=1S/C15H17N3O2/c1-18(2)12-8-6-11(7-9-12)10-16-15(20)13-4-3-5-14(19)17-13/h3-9H,10H2,1-2H3,(H,16,20)(H,17,19). The van der Waals surface area contributed by atoms with E-state index >= 15 is 0 Å². The molecule has 0 spiro atoms. The first-order valence-corrected chi connectivity index (χ1v) is 6.30. The number of nitrogens with one attached hydrogen (secondary N) is 2. The number of benzene rings is 1. The molecular formula is C15H17N3O2. The van der Waals surface area contributed by atoms with E-state index in [4.69, 9.17) is 0 Å². The smallest absolute Gasteiger partial charge is 0.268 e. The lowest BCUT2D eigenvalue weighted by atomic mass is 10.2. The minimum absolute atomic E-state index is 0.266. The van der Waals surface area contributed by atoms with Crippen molar-refractivity contribution in [1.29, 1.82) is 0 Å². The fourth-order valence-electron chi connectivity index (χ4n) is 1.77. The van der Waals surface area contributed by atoms with Gasteiger partial charge in [-0.15, -0.1) is 0 Å². The molecule has 2 aromatic rings. The molecule has 0 bridgehead atoms. The number of H-pyrrole nitrogens is 1. The molecule has 1 heterocycles. The van der Waals surface area contributed by atoms with Gasteiger partial charge in [0.2, 0.25) is 5.56 Å². The van der Waals surface area contributed by atoms with Crippen LogP contribution in [0.4, 0.5) is 5.69 Å². The number of anilines is 1. The largest absolute Gasteiger partial charge is 0.378 e. The van der Waals surface area contributed by atoms with Gasteiger partial charge in [0.05, 0.1) is 0 Å². The van der Waals surface area contributed by atoms with Gasteiger partial charge in [0.15, 0.2) is 0 Å². The summed E-state index contributed by atoms with van der Waals surface area (Å²) in [7, 11) is 3.95. The zero-order valence-corrected chi connectivity index (χ0v) is 11.5. The van der Waals surface area contributed by atoms with Crippen molar-refractivity contribution in [3.63, 3.8) is 0 Å². The Morgan fingerprint density at radius 1 is 1.15 bits per heavy atom. The van der Waals surface area contributed by atoms with Crippen LogP contribution in [0.3, 0.4) is 0 Å². The van der Waals surface area contributed by atoms with E-state index in [1.807, 2.05) is 43.3 Å². The average Bonchev–Trinajstić information content (AvgIpc) is 2.45. The highest BCUT2D eigenvalue weighted by Gasteiger charge is 2.05. The summed E-state index contributed by atoms with van der Waals surface area (Å²) in [5.74, 6) is -0.292. The third-order valence-electron chi connectivity index (χ3n) is 2.92. The predicted octanol–water partition coefficient (Wildman–Crippen LogP) is 1.37. The normalized spacial score (nSPS) is 10.1. The Morgan fingerprint density at radius 2 is 1.85 bits per heavy atom. The number of nitrogens with zero attached hydrogens (tertiary/aromatic N) is 1. The number of hydrogen-bond acceptors (Lipinski definition) is 3. The molecule has 2 N–H and O–H groups in total. The Labute approximate surface area is 117 Å². The molecule has 0 atom stereocenters. The second kappa shape index (κ2) is 6.06. The molecule has 1 aromatic heterocycles. The molecule has 20 heavy (non-hydrogen) atoms. The van der Waals surface area contributed by atoms with Crippen LogP contribution in [-0.4, -0.2) is 25.0 Å². The van der Waals surface area contributed by atoms with Crippen LogP contribution >= 0.6 is 0 Å². The van der Waals surface area contributed by atoms with Crippen LogP contribution in [0.1, 0.15) is 16.1 Å². The van der Waals surface area contributed by atoms with Gasteiger partial charge in [0.1, 0.15) is 5.69 Å². The van der Waals surface area contributed by atoms with E-state index < -0.39 is 0 Å². The van der Waals surface area contributed by atoms with Crippen molar-refractivity contribution in [3.8, 4) is 0 Å². The van der Waals surface area contributed by atoms with Crippen LogP contribution in [0.5, 0.6) is 0 Å². The predicted molar refractivity (Wildman–Crippen MR) is 79.0 cm³/mol. The molecule has 0 aliphatic rings. The Morgan fingerprint density at radius 3 is 2.45 bits per heavy atom. The Balaban J connectivity index is 1.98. The Bertz CT molecular complexity index is 645. The summed E-state index contributed by atoms with van der Waals surface area (Å²) in [5.41, 5.74) is 2.09. The van der Waals surface area contributed by atoms with Crippen LogP contribution in [0, 0.1) is 0 Å². The first-order valence-electron chi connectivity index (χ1n) is 6.30. The summed E-state index contributed by atoms with van der Waals surface area (Å²) in [6.07, 6.45) is 0. The summed E-state index contributed by atoms with van der Waals surface area (Å²) in [6, 6.07) is 12.4. The highest BCUT2D eigenvalue weighted by molar-refractivity contribution is 5.92. The van der Waals surface area contributed by atoms with Crippen LogP contribution in [0.2, 0.25) is 0 Å². The van der Waals surface area contributed by atoms with Crippen LogP contribution < -0.4 is 15.8 Å². The van der Waals surface area contributed by atoms with E-state index in [1.54, 1.807) is 12.1 Å². The molecule has 0 saturated carbocycles. The molecule has 0 saturated heterocycles. The minimum Gasteiger partial charge on any atom is -0.378 e. The second-order valence-corrected chi connectivity index (χ2v) is 4.67. The summed E-state index contributed by atoms with van der Waals surface area (Å²) < 4.78 is 0. The molecule has 0 aliphatic carbocycles. The molecule has 2 rings (SSSR count). The number of rotatable bonds is 4. The summed E-state index contributed by atoms with van der Waals surface area (Å²) in [5, 5.41) is 2.77. The number of carbonyl (C=O) groups excluding carboxylic acids is 1. The van der Waals surface area contributed by atoms with Gasteiger partial charge in [-0.25, -0.2) is 0 Å². The van der Waals surface area contributed by atoms with Crippen LogP contribution in [0.25, 0.3) is 0 Å². The van der Waals surface area contributed by atoms with Crippen molar-refractivity contribution >= 4 is 11.6 Å². The van der Waals surface area contributed by atoms with Gasteiger partial charge >= 0.3 is 0 Å². The highest BCUT2D eigenvalue weighted by Crippen LogP contribution is 2.12. The van der Waals surface area contributed by atoms with E-state index in [1.165, 1.54) is 6.07 Å². The van der Waals surface area contributed by atoms with Crippen molar-refractivity contribution in [1.82, 2.24) is 10.3 Å². The average molecular weight is 271 g/mol. The quantitative estimate of drug-likeness (QED) is 0.882. The lowest BCUT2D eigenvalue weighted by molar-refractivity contribution is 0.0945. The Hall–Kier alpha value is -2.56. The van der Waals surface area contributed by atoms with Crippen molar-refractivity contribution in [2.45, 2.75) is 6.54 Å². The molecular weight excluding hydrogens is 254 g/mol. The molecule has 1 aromatic carbocycles. The fourth-order valence-corrected chi connectivity index (χ4v) is 1.77. The number of hydrogen-bond donors (Lipinski definition) is 2. The lowest BCUT2D eigenvalue weighted by Gasteiger charge is -2.12. The molecule has 104 valence electrons. The van der Waals surface area contributed by atoms with E-state index in [9.17, 15) is 9.59 Å². The van der Waals surface area contributed by atoms with Gasteiger partial charge in [-0.05, 0) is 23.8 Å². The Kier molecular flexibility index (Phi) is 4.20. The number of aromatic amines is 1.